The number of aryl methyl sites for hydroxylation is 2. The maximum Gasteiger partial charge on any atom is 0.345 e. The second-order valence-corrected chi connectivity index (χ2v) is 7.50. The van der Waals surface area contributed by atoms with E-state index in [0.29, 0.717) is 29.3 Å². The normalized spacial score (nSPS) is 14.8. The van der Waals surface area contributed by atoms with Crippen LogP contribution in [0.5, 0.6) is 0 Å². The van der Waals surface area contributed by atoms with Gasteiger partial charge in [0.1, 0.15) is 5.58 Å². The number of benzene rings is 1. The molecule has 1 saturated heterocycles. The summed E-state index contributed by atoms with van der Waals surface area (Å²) in [4.78, 5) is 23.9. The van der Waals surface area contributed by atoms with Crippen molar-refractivity contribution in [2.45, 2.75) is 13.8 Å². The van der Waals surface area contributed by atoms with E-state index in [2.05, 4.69) is 20.9 Å². The van der Waals surface area contributed by atoms with Crippen LogP contribution in [0.3, 0.4) is 0 Å². The minimum absolute atomic E-state index is 0.390. The summed E-state index contributed by atoms with van der Waals surface area (Å²) in [6.45, 7) is 6.43. The van der Waals surface area contributed by atoms with E-state index in [1.165, 1.54) is 0 Å². The molecule has 1 fully saturated rings. The van der Waals surface area contributed by atoms with Crippen LogP contribution < -0.4 is 16.3 Å². The Hall–Kier alpha value is -3.19. The van der Waals surface area contributed by atoms with Crippen LogP contribution in [-0.2, 0) is 0 Å². The molecular weight excluding hydrogens is 354 g/mol. The van der Waals surface area contributed by atoms with Crippen molar-refractivity contribution in [1.29, 1.82) is 0 Å². The van der Waals surface area contributed by atoms with Gasteiger partial charge in [-0.05, 0) is 38.6 Å². The topological polar surface area (TPSA) is 89.7 Å². The second kappa shape index (κ2) is 6.17. The smallest absolute Gasteiger partial charge is 0.345 e. The number of aromatic nitrogens is 3. The molecule has 0 aliphatic carbocycles. The molecule has 5 rings (SSSR count). The number of hydrogen-bond donors (Lipinski definition) is 1. The molecule has 0 radical (unpaired) electrons. The Bertz CT molecular complexity index is 1270. The van der Waals surface area contributed by atoms with Gasteiger partial charge < -0.3 is 19.5 Å². The molecule has 0 unspecified atom stereocenters. The molecule has 7 nitrogen and oxygen atoms in total. The van der Waals surface area contributed by atoms with Crippen molar-refractivity contribution in [3.8, 4) is 11.3 Å². The Labute approximate surface area is 161 Å². The Morgan fingerprint density at radius 1 is 1.18 bits per heavy atom. The van der Waals surface area contributed by atoms with Gasteiger partial charge in [0.2, 0.25) is 0 Å². The predicted molar refractivity (Wildman–Crippen MR) is 109 cm³/mol. The van der Waals surface area contributed by atoms with E-state index in [-0.39, 0.29) is 5.63 Å². The van der Waals surface area contributed by atoms with Gasteiger partial charge in [0, 0.05) is 48.5 Å². The average molecular weight is 375 g/mol. The lowest BCUT2D eigenvalue weighted by Crippen LogP contribution is -2.49. The van der Waals surface area contributed by atoms with Gasteiger partial charge in [0.25, 0.3) is 0 Å². The zero-order chi connectivity index (χ0) is 19.4. The SMILES string of the molecule is Cc1cn2cc(-c3cc4ccc(N5CC(CN)C5)cc4oc3=O)nc2c(C)n1. The fourth-order valence-corrected chi connectivity index (χ4v) is 3.84. The van der Waals surface area contributed by atoms with E-state index in [1.807, 2.05) is 48.8 Å². The summed E-state index contributed by atoms with van der Waals surface area (Å²) in [7, 11) is 0. The molecule has 28 heavy (non-hydrogen) atoms. The first-order valence-corrected chi connectivity index (χ1v) is 9.38. The summed E-state index contributed by atoms with van der Waals surface area (Å²) >= 11 is 0. The maximum absolute atomic E-state index is 12.7. The molecule has 2 N–H and O–H groups in total. The largest absolute Gasteiger partial charge is 0.422 e. The average Bonchev–Trinajstić information content (AvgIpc) is 3.04. The highest BCUT2D eigenvalue weighted by Gasteiger charge is 2.25. The van der Waals surface area contributed by atoms with Crippen molar-refractivity contribution >= 4 is 22.3 Å². The molecule has 0 bridgehead atoms. The molecule has 0 atom stereocenters. The van der Waals surface area contributed by atoms with Crippen LogP contribution in [0.4, 0.5) is 5.69 Å². The van der Waals surface area contributed by atoms with Crippen LogP contribution >= 0.6 is 0 Å². The summed E-state index contributed by atoms with van der Waals surface area (Å²) in [6.07, 6.45) is 3.74. The minimum atomic E-state index is -0.390. The Morgan fingerprint density at radius 3 is 2.79 bits per heavy atom. The number of anilines is 1. The molecular formula is C21H21N5O2. The fourth-order valence-electron chi connectivity index (χ4n) is 3.84. The molecule has 1 aliphatic rings. The van der Waals surface area contributed by atoms with Crippen LogP contribution in [-0.4, -0.2) is 34.0 Å². The second-order valence-electron chi connectivity index (χ2n) is 7.50. The number of nitrogens with zero attached hydrogens (tertiary/aromatic N) is 4. The lowest BCUT2D eigenvalue weighted by Gasteiger charge is -2.40. The quantitative estimate of drug-likeness (QED) is 0.554. The predicted octanol–water partition coefficient (Wildman–Crippen LogP) is 2.51. The Morgan fingerprint density at radius 2 is 2.00 bits per heavy atom. The van der Waals surface area contributed by atoms with Crippen LogP contribution in [0.1, 0.15) is 11.4 Å². The highest BCUT2D eigenvalue weighted by atomic mass is 16.4. The van der Waals surface area contributed by atoms with Crippen LogP contribution in [0.15, 0.2) is 45.9 Å². The molecule has 3 aromatic heterocycles. The molecule has 142 valence electrons. The van der Waals surface area contributed by atoms with Crippen molar-refractivity contribution in [1.82, 2.24) is 14.4 Å². The summed E-state index contributed by atoms with van der Waals surface area (Å²) in [6, 6.07) is 7.81. The van der Waals surface area contributed by atoms with Crippen molar-refractivity contribution < 1.29 is 4.42 Å². The third-order valence-electron chi connectivity index (χ3n) is 5.38. The number of imidazole rings is 1. The lowest BCUT2D eigenvalue weighted by atomic mass is 9.99. The van der Waals surface area contributed by atoms with Gasteiger partial charge in [-0.25, -0.2) is 9.78 Å². The van der Waals surface area contributed by atoms with Gasteiger partial charge in [0.15, 0.2) is 5.65 Å². The Kier molecular flexibility index (Phi) is 3.73. The van der Waals surface area contributed by atoms with E-state index < -0.39 is 0 Å². The molecule has 1 aliphatic heterocycles. The van der Waals surface area contributed by atoms with E-state index in [1.54, 1.807) is 0 Å². The zero-order valence-electron chi connectivity index (χ0n) is 15.8. The van der Waals surface area contributed by atoms with Gasteiger partial charge in [-0.1, -0.05) is 0 Å². The van der Waals surface area contributed by atoms with Gasteiger partial charge in [-0.15, -0.1) is 0 Å². The monoisotopic (exact) mass is 375 g/mol. The fraction of sp³-hybridized carbons (Fsp3) is 0.286. The van der Waals surface area contributed by atoms with Gasteiger partial charge >= 0.3 is 5.63 Å². The highest BCUT2D eigenvalue weighted by molar-refractivity contribution is 5.84. The summed E-state index contributed by atoms with van der Waals surface area (Å²) in [5.74, 6) is 0.543. The Balaban J connectivity index is 1.56. The third kappa shape index (κ3) is 2.66. The molecule has 0 spiro atoms. The first-order chi connectivity index (χ1) is 13.5. The number of hydrogen-bond acceptors (Lipinski definition) is 6. The molecule has 0 amide bonds. The molecule has 1 aromatic carbocycles. The first kappa shape index (κ1) is 16.9. The minimum Gasteiger partial charge on any atom is -0.422 e. The molecule has 0 saturated carbocycles. The van der Waals surface area contributed by atoms with Crippen molar-refractivity contribution in [2.75, 3.05) is 24.5 Å². The lowest BCUT2D eigenvalue weighted by molar-refractivity contribution is 0.420. The summed E-state index contributed by atoms with van der Waals surface area (Å²) in [5, 5.41) is 0.873. The van der Waals surface area contributed by atoms with Gasteiger partial charge in [0.05, 0.1) is 22.6 Å². The number of rotatable bonds is 3. The van der Waals surface area contributed by atoms with Crippen LogP contribution in [0.25, 0.3) is 27.9 Å². The van der Waals surface area contributed by atoms with E-state index >= 15 is 0 Å². The standard InChI is InChI=1S/C21H21N5O2/c1-12-8-26-11-18(24-20(26)13(2)23-12)17-5-15-3-4-16(6-19(15)28-21(17)27)25-9-14(7-22)10-25/h3-6,8,11,14H,7,9-10,22H2,1-2H3. The molecule has 4 aromatic rings. The van der Waals surface area contributed by atoms with E-state index in [4.69, 9.17) is 10.2 Å². The van der Waals surface area contributed by atoms with Crippen molar-refractivity contribution in [3.63, 3.8) is 0 Å². The summed E-state index contributed by atoms with van der Waals surface area (Å²) in [5.41, 5.74) is 10.5. The highest BCUT2D eigenvalue weighted by Crippen LogP contribution is 2.29. The summed E-state index contributed by atoms with van der Waals surface area (Å²) < 4.78 is 7.54. The van der Waals surface area contributed by atoms with Crippen molar-refractivity contribution in [3.05, 3.63) is 58.5 Å². The van der Waals surface area contributed by atoms with Gasteiger partial charge in [-0.2, -0.15) is 0 Å². The van der Waals surface area contributed by atoms with Crippen LogP contribution in [0.2, 0.25) is 0 Å². The van der Waals surface area contributed by atoms with E-state index in [9.17, 15) is 4.79 Å². The molecule has 7 heteroatoms. The third-order valence-corrected chi connectivity index (χ3v) is 5.38. The number of nitrogens with two attached hydrogens (primary N) is 1. The van der Waals surface area contributed by atoms with E-state index in [0.717, 1.165) is 41.2 Å². The zero-order valence-corrected chi connectivity index (χ0v) is 15.8. The maximum atomic E-state index is 12.7. The van der Waals surface area contributed by atoms with Gasteiger partial charge in [-0.3, -0.25) is 4.98 Å². The molecule has 4 heterocycles. The van der Waals surface area contributed by atoms with Crippen molar-refractivity contribution in [2.24, 2.45) is 11.7 Å². The van der Waals surface area contributed by atoms with Crippen LogP contribution in [0, 0.1) is 19.8 Å². The number of fused-ring (bicyclic) bond motifs is 2. The first-order valence-electron chi connectivity index (χ1n) is 9.38.